The first-order valence-corrected chi connectivity index (χ1v) is 4.04. The van der Waals surface area contributed by atoms with Gasteiger partial charge in [-0.3, -0.25) is 4.79 Å². The zero-order chi connectivity index (χ0) is 10.7. The Kier molecular flexibility index (Phi) is 4.72. The summed E-state index contributed by atoms with van der Waals surface area (Å²) in [4.78, 5) is 11.4. The minimum absolute atomic E-state index is 0. The van der Waals surface area contributed by atoms with E-state index in [1.165, 1.54) is 12.1 Å². The molecule has 0 heterocycles. The minimum Gasteiger partial charge on any atom is -0.412 e. The molecule has 1 unspecified atom stereocenters. The number of aliphatic hydroxyl groups excluding tert-OH is 2. The lowest BCUT2D eigenvalue weighted by molar-refractivity contribution is 0.0588. The summed E-state index contributed by atoms with van der Waals surface area (Å²) in [6.07, 6.45) is -1.45. The van der Waals surface area contributed by atoms with E-state index in [1.807, 2.05) is 0 Å². The van der Waals surface area contributed by atoms with E-state index in [2.05, 4.69) is 0 Å². The first kappa shape index (κ1) is 13.4. The maximum atomic E-state index is 11.4. The maximum Gasteiger partial charge on any atom is 0.195 e. The molecule has 0 aliphatic rings. The number of benzene rings is 1. The molecule has 1 atom stereocenters. The van der Waals surface area contributed by atoms with E-state index in [0.29, 0.717) is 5.69 Å². The molecule has 0 spiro atoms. The molecule has 1 aromatic carbocycles. The van der Waals surface area contributed by atoms with Crippen LogP contribution in [-0.4, -0.2) is 34.2 Å². The minimum atomic E-state index is -1.45. The molecule has 6 nitrogen and oxygen atoms in total. The van der Waals surface area contributed by atoms with Crippen molar-refractivity contribution in [1.82, 2.24) is 0 Å². The second-order valence-corrected chi connectivity index (χ2v) is 2.91. The van der Waals surface area contributed by atoms with Gasteiger partial charge in [-0.05, 0) is 18.2 Å². The predicted molar refractivity (Wildman–Crippen MR) is 56.3 cm³/mol. The highest BCUT2D eigenvalue weighted by molar-refractivity contribution is 6.04. The number of hydrogen-bond donors (Lipinski definition) is 4. The SMILES string of the molecule is Nc1ccc(N)c(C(=O)C(O)CO)c1.O. The van der Waals surface area contributed by atoms with Crippen LogP contribution in [0.1, 0.15) is 10.4 Å². The summed E-state index contributed by atoms with van der Waals surface area (Å²) in [6.45, 7) is -0.632. The monoisotopic (exact) mass is 214 g/mol. The Hall–Kier alpha value is -1.63. The topological polar surface area (TPSA) is 141 Å². The van der Waals surface area contributed by atoms with Crippen molar-refractivity contribution in [2.45, 2.75) is 6.10 Å². The molecule has 0 saturated carbocycles. The van der Waals surface area contributed by atoms with E-state index in [1.54, 1.807) is 6.07 Å². The van der Waals surface area contributed by atoms with E-state index in [0.717, 1.165) is 0 Å². The van der Waals surface area contributed by atoms with Crippen molar-refractivity contribution in [2.75, 3.05) is 18.1 Å². The van der Waals surface area contributed by atoms with Crippen molar-refractivity contribution < 1.29 is 20.5 Å². The van der Waals surface area contributed by atoms with Gasteiger partial charge < -0.3 is 27.2 Å². The number of aliphatic hydroxyl groups is 2. The van der Waals surface area contributed by atoms with Crippen molar-refractivity contribution in [3.05, 3.63) is 23.8 Å². The Labute approximate surface area is 86.4 Å². The normalized spacial score (nSPS) is 11.6. The maximum absolute atomic E-state index is 11.4. The van der Waals surface area contributed by atoms with Gasteiger partial charge in [0.1, 0.15) is 6.10 Å². The van der Waals surface area contributed by atoms with Crippen LogP contribution in [0.25, 0.3) is 0 Å². The zero-order valence-electron chi connectivity index (χ0n) is 7.97. The summed E-state index contributed by atoms with van der Waals surface area (Å²) in [5, 5.41) is 17.7. The highest BCUT2D eigenvalue weighted by atomic mass is 16.3. The third kappa shape index (κ3) is 2.91. The Morgan fingerprint density at radius 2 is 2.00 bits per heavy atom. The van der Waals surface area contributed by atoms with Gasteiger partial charge in [0.05, 0.1) is 6.61 Å². The molecule has 0 aromatic heterocycles. The van der Waals surface area contributed by atoms with Crippen LogP contribution >= 0.6 is 0 Å². The first-order chi connectivity index (χ1) is 6.56. The highest BCUT2D eigenvalue weighted by Crippen LogP contribution is 2.17. The van der Waals surface area contributed by atoms with Crippen LogP contribution in [0, 0.1) is 0 Å². The van der Waals surface area contributed by atoms with Crippen molar-refractivity contribution in [2.24, 2.45) is 0 Å². The number of nitrogen functional groups attached to an aromatic ring is 2. The van der Waals surface area contributed by atoms with Gasteiger partial charge in [0.2, 0.25) is 0 Å². The molecule has 0 radical (unpaired) electrons. The molecule has 0 bridgehead atoms. The van der Waals surface area contributed by atoms with Gasteiger partial charge in [-0.15, -0.1) is 0 Å². The molecule has 8 N–H and O–H groups in total. The summed E-state index contributed by atoms with van der Waals surface area (Å²) >= 11 is 0. The lowest BCUT2D eigenvalue weighted by atomic mass is 10.0. The molecular weight excluding hydrogens is 200 g/mol. The fraction of sp³-hybridized carbons (Fsp3) is 0.222. The van der Waals surface area contributed by atoms with Crippen LogP contribution in [0.3, 0.4) is 0 Å². The first-order valence-electron chi connectivity index (χ1n) is 4.04. The zero-order valence-corrected chi connectivity index (χ0v) is 7.97. The molecule has 15 heavy (non-hydrogen) atoms. The number of hydrogen-bond acceptors (Lipinski definition) is 5. The summed E-state index contributed by atoms with van der Waals surface area (Å²) < 4.78 is 0. The largest absolute Gasteiger partial charge is 0.412 e. The molecule has 1 aromatic rings. The van der Waals surface area contributed by atoms with Crippen molar-refractivity contribution >= 4 is 17.2 Å². The lowest BCUT2D eigenvalue weighted by Crippen LogP contribution is -2.25. The van der Waals surface area contributed by atoms with Gasteiger partial charge in [0.15, 0.2) is 5.78 Å². The number of carbonyl (C=O) groups excluding carboxylic acids is 1. The van der Waals surface area contributed by atoms with E-state index in [-0.39, 0.29) is 16.7 Å². The van der Waals surface area contributed by atoms with Gasteiger partial charge in [-0.1, -0.05) is 0 Å². The second kappa shape index (κ2) is 5.30. The Bertz CT molecular complexity index is 354. The quantitative estimate of drug-likeness (QED) is 0.360. The van der Waals surface area contributed by atoms with E-state index < -0.39 is 18.5 Å². The number of anilines is 2. The van der Waals surface area contributed by atoms with Crippen molar-refractivity contribution in [1.29, 1.82) is 0 Å². The Morgan fingerprint density at radius 1 is 1.40 bits per heavy atom. The molecule has 6 heteroatoms. The molecule has 1 rings (SSSR count). The van der Waals surface area contributed by atoms with Crippen LogP contribution < -0.4 is 11.5 Å². The summed E-state index contributed by atoms with van der Waals surface area (Å²) in [5.41, 5.74) is 11.7. The molecule has 0 amide bonds. The molecule has 0 aliphatic carbocycles. The standard InChI is InChI=1S/C9H12N2O3.H2O/c10-5-1-2-7(11)6(3-5)9(14)8(13)4-12;/h1-3,8,12-13H,4,10-11H2;1H2. The third-order valence-electron chi connectivity index (χ3n) is 1.82. The van der Waals surface area contributed by atoms with Gasteiger partial charge in [0, 0.05) is 16.9 Å². The fourth-order valence-corrected chi connectivity index (χ4v) is 1.05. The Morgan fingerprint density at radius 3 is 2.53 bits per heavy atom. The van der Waals surface area contributed by atoms with Gasteiger partial charge in [-0.25, -0.2) is 0 Å². The van der Waals surface area contributed by atoms with Crippen molar-refractivity contribution in [3.63, 3.8) is 0 Å². The van der Waals surface area contributed by atoms with Crippen LogP contribution in [-0.2, 0) is 0 Å². The van der Waals surface area contributed by atoms with Gasteiger partial charge in [-0.2, -0.15) is 0 Å². The smallest absolute Gasteiger partial charge is 0.195 e. The Balaban J connectivity index is 0.00000196. The predicted octanol–water partition coefficient (Wildman–Crippen LogP) is -1.44. The number of carbonyl (C=O) groups is 1. The molecule has 84 valence electrons. The molecule has 0 saturated heterocycles. The number of nitrogens with two attached hydrogens (primary N) is 2. The average Bonchev–Trinajstić information content (AvgIpc) is 2.19. The van der Waals surface area contributed by atoms with Crippen LogP contribution in [0.2, 0.25) is 0 Å². The van der Waals surface area contributed by atoms with Crippen LogP contribution in [0.5, 0.6) is 0 Å². The summed E-state index contributed by atoms with van der Waals surface area (Å²) in [5.74, 6) is -0.627. The molecular formula is C9H14N2O4. The van der Waals surface area contributed by atoms with E-state index >= 15 is 0 Å². The van der Waals surface area contributed by atoms with E-state index in [4.69, 9.17) is 21.7 Å². The molecule has 0 aliphatic heterocycles. The van der Waals surface area contributed by atoms with Crippen LogP contribution in [0.15, 0.2) is 18.2 Å². The average molecular weight is 214 g/mol. The number of Topliss-reactive ketones (excluding diaryl/α,β-unsaturated/α-hetero) is 1. The fourth-order valence-electron chi connectivity index (χ4n) is 1.05. The third-order valence-corrected chi connectivity index (χ3v) is 1.82. The highest BCUT2D eigenvalue weighted by Gasteiger charge is 2.18. The van der Waals surface area contributed by atoms with Gasteiger partial charge in [0.25, 0.3) is 0 Å². The second-order valence-electron chi connectivity index (χ2n) is 2.91. The molecule has 0 fully saturated rings. The van der Waals surface area contributed by atoms with Crippen molar-refractivity contribution in [3.8, 4) is 0 Å². The lowest BCUT2D eigenvalue weighted by Gasteiger charge is -2.09. The van der Waals surface area contributed by atoms with Crippen LogP contribution in [0.4, 0.5) is 11.4 Å². The number of rotatable bonds is 3. The van der Waals surface area contributed by atoms with E-state index in [9.17, 15) is 4.79 Å². The summed E-state index contributed by atoms with van der Waals surface area (Å²) in [6, 6.07) is 4.40. The number of ketones is 1. The van der Waals surface area contributed by atoms with Gasteiger partial charge >= 0.3 is 0 Å². The summed E-state index contributed by atoms with van der Waals surface area (Å²) in [7, 11) is 0.